The van der Waals surface area contributed by atoms with E-state index in [0.717, 1.165) is 49.0 Å². The molecule has 9 nitrogen and oxygen atoms in total. The Morgan fingerprint density at radius 2 is 1.54 bits per heavy atom. The standard InChI is InChI=1S/C46H72O9Si/c1-13-14-15-16-20-23-41(47)54-43-37(29-42(48)50-10)28-39(55-46(43,8)45(6,7)33-53-56(11,12)44(3,4)5)30-40(34(2)51-31-35-21-18-17-19-22-35)52-32-36-24-26-38(49-9)27-25-36/h17-19,21-22,24-27,29,34,39-40,43H,13-16,20,23,28,30-33H2,1-12H3/b37-29+/t34-,39-,40+,43-,46+/m0/s1. The van der Waals surface area contributed by atoms with Crippen LogP contribution in [0.1, 0.15) is 118 Å². The van der Waals surface area contributed by atoms with Crippen molar-refractivity contribution in [1.29, 1.82) is 0 Å². The van der Waals surface area contributed by atoms with Crippen LogP contribution in [0.4, 0.5) is 0 Å². The third-order valence-electron chi connectivity index (χ3n) is 11.9. The molecule has 1 heterocycles. The molecule has 2 aromatic carbocycles. The molecule has 3 rings (SSSR count). The summed E-state index contributed by atoms with van der Waals surface area (Å²) in [4.78, 5) is 26.6. The van der Waals surface area contributed by atoms with Crippen molar-refractivity contribution in [3.05, 3.63) is 77.4 Å². The Kier molecular flexibility index (Phi) is 18.3. The Labute approximate surface area is 339 Å². The van der Waals surface area contributed by atoms with Gasteiger partial charge in [0.25, 0.3) is 0 Å². The Morgan fingerprint density at radius 1 is 0.911 bits per heavy atom. The first-order chi connectivity index (χ1) is 26.4. The van der Waals surface area contributed by atoms with Crippen molar-refractivity contribution in [3.8, 4) is 5.75 Å². The van der Waals surface area contributed by atoms with Crippen LogP contribution >= 0.6 is 0 Å². The zero-order chi connectivity index (χ0) is 41.6. The molecular weight excluding hydrogens is 725 g/mol. The number of esters is 2. The van der Waals surface area contributed by atoms with Gasteiger partial charge in [-0.3, -0.25) is 4.79 Å². The molecule has 0 aromatic heterocycles. The second kappa shape index (κ2) is 21.7. The minimum absolute atomic E-state index is 0.0101. The summed E-state index contributed by atoms with van der Waals surface area (Å²) < 4.78 is 44.2. The number of methoxy groups -OCH3 is 2. The van der Waals surface area contributed by atoms with Gasteiger partial charge in [-0.2, -0.15) is 0 Å². The maximum Gasteiger partial charge on any atom is 0.330 e. The third-order valence-corrected chi connectivity index (χ3v) is 16.4. The van der Waals surface area contributed by atoms with Crippen molar-refractivity contribution in [1.82, 2.24) is 0 Å². The number of hydrogen-bond donors (Lipinski definition) is 0. The Bertz CT molecular complexity index is 1520. The van der Waals surface area contributed by atoms with E-state index in [1.165, 1.54) is 13.2 Å². The smallest absolute Gasteiger partial charge is 0.330 e. The van der Waals surface area contributed by atoms with Crippen molar-refractivity contribution in [2.45, 2.75) is 168 Å². The Hall–Kier alpha value is -3.02. The second-order valence-electron chi connectivity index (χ2n) is 17.7. The van der Waals surface area contributed by atoms with Crippen molar-refractivity contribution in [2.75, 3.05) is 20.8 Å². The number of carbonyl (C=O) groups excluding carboxylic acids is 2. The summed E-state index contributed by atoms with van der Waals surface area (Å²) in [5.74, 6) is -0.0392. The molecule has 5 atom stereocenters. The van der Waals surface area contributed by atoms with Crippen molar-refractivity contribution in [3.63, 3.8) is 0 Å². The van der Waals surface area contributed by atoms with Crippen LogP contribution in [-0.2, 0) is 50.9 Å². The second-order valence-corrected chi connectivity index (χ2v) is 22.5. The van der Waals surface area contributed by atoms with E-state index in [1.54, 1.807) is 7.11 Å². The molecule has 0 radical (unpaired) electrons. The van der Waals surface area contributed by atoms with Crippen molar-refractivity contribution >= 4 is 20.3 Å². The molecule has 1 aliphatic heterocycles. The Morgan fingerprint density at radius 3 is 2.14 bits per heavy atom. The molecule has 0 bridgehead atoms. The normalized spacial score (nSPS) is 21.0. The maximum atomic E-state index is 13.6. The predicted octanol–water partition coefficient (Wildman–Crippen LogP) is 10.5. The van der Waals surface area contributed by atoms with Gasteiger partial charge in [-0.25, -0.2) is 4.79 Å². The first-order valence-corrected chi connectivity index (χ1v) is 23.5. The van der Waals surface area contributed by atoms with Crippen molar-refractivity contribution in [2.24, 2.45) is 5.41 Å². The van der Waals surface area contributed by atoms with E-state index in [4.69, 9.17) is 32.8 Å². The molecule has 0 saturated carbocycles. The molecule has 0 N–H and O–H groups in total. The van der Waals surface area contributed by atoms with Crippen LogP contribution in [0.3, 0.4) is 0 Å². The summed E-state index contributed by atoms with van der Waals surface area (Å²) in [6, 6.07) is 17.9. The van der Waals surface area contributed by atoms with E-state index in [9.17, 15) is 9.59 Å². The molecule has 1 saturated heterocycles. The van der Waals surface area contributed by atoms with E-state index >= 15 is 0 Å². The number of carbonyl (C=O) groups is 2. The van der Waals surface area contributed by atoms with Gasteiger partial charge in [-0.15, -0.1) is 0 Å². The zero-order valence-electron chi connectivity index (χ0n) is 36.5. The van der Waals surface area contributed by atoms with E-state index in [2.05, 4.69) is 54.6 Å². The van der Waals surface area contributed by atoms with Crippen LogP contribution in [0, 0.1) is 5.41 Å². The highest BCUT2D eigenvalue weighted by molar-refractivity contribution is 6.74. The fourth-order valence-electron chi connectivity index (χ4n) is 6.62. The fraction of sp³-hybridized carbons (Fsp3) is 0.652. The average molecular weight is 797 g/mol. The summed E-state index contributed by atoms with van der Waals surface area (Å²) in [5, 5.41) is -0.0101. The monoisotopic (exact) mass is 796 g/mol. The summed E-state index contributed by atoms with van der Waals surface area (Å²) in [6.45, 7) is 22.7. The highest BCUT2D eigenvalue weighted by Gasteiger charge is 2.56. The quantitative estimate of drug-likeness (QED) is 0.0499. The van der Waals surface area contributed by atoms with Gasteiger partial charge >= 0.3 is 11.9 Å². The summed E-state index contributed by atoms with van der Waals surface area (Å²) in [5.41, 5.74) is 0.957. The van der Waals surface area contributed by atoms with Gasteiger partial charge in [0.1, 0.15) is 11.4 Å². The molecule has 314 valence electrons. The van der Waals surface area contributed by atoms with Crippen LogP contribution in [0.2, 0.25) is 18.1 Å². The lowest BCUT2D eigenvalue weighted by molar-refractivity contribution is -0.235. The third kappa shape index (κ3) is 13.8. The van der Waals surface area contributed by atoms with Gasteiger partial charge in [0, 0.05) is 30.9 Å². The van der Waals surface area contributed by atoms with Gasteiger partial charge in [-0.05, 0) is 73.7 Å². The van der Waals surface area contributed by atoms with Gasteiger partial charge < -0.3 is 32.8 Å². The summed E-state index contributed by atoms with van der Waals surface area (Å²) in [7, 11) is 0.824. The molecule has 10 heteroatoms. The topological polar surface area (TPSA) is 98.8 Å². The van der Waals surface area contributed by atoms with Crippen LogP contribution in [-0.4, -0.2) is 71.1 Å². The minimum Gasteiger partial charge on any atom is -0.497 e. The number of benzene rings is 2. The van der Waals surface area contributed by atoms with Gasteiger partial charge in [0.05, 0.1) is 45.7 Å². The zero-order valence-corrected chi connectivity index (χ0v) is 37.5. The van der Waals surface area contributed by atoms with Gasteiger partial charge in [-0.1, -0.05) is 110 Å². The molecule has 2 aromatic rings. The van der Waals surface area contributed by atoms with Crippen LogP contribution in [0.25, 0.3) is 0 Å². The average Bonchev–Trinajstić information content (AvgIpc) is 3.16. The minimum atomic E-state index is -2.18. The van der Waals surface area contributed by atoms with E-state index in [1.807, 2.05) is 68.4 Å². The summed E-state index contributed by atoms with van der Waals surface area (Å²) in [6.07, 6.45) is 5.67. The first kappa shape index (κ1) is 47.4. The number of ether oxygens (including phenoxy) is 6. The number of unbranched alkanes of at least 4 members (excludes halogenated alkanes) is 4. The SMILES string of the molecule is CCCCCCCC(=O)O[C@H]1/C(=C/C(=O)OC)C[C@@H](C[C@@H](OCc2ccc(OC)cc2)[C@H](C)OCc2ccccc2)O[C@@]1(C)C(C)(C)CO[Si](C)(C)C(C)(C)C. The van der Waals surface area contributed by atoms with Gasteiger partial charge in [0.2, 0.25) is 0 Å². The molecule has 0 aliphatic carbocycles. The highest BCUT2D eigenvalue weighted by Crippen LogP contribution is 2.49. The lowest BCUT2D eigenvalue weighted by atomic mass is 9.68. The van der Waals surface area contributed by atoms with E-state index in [-0.39, 0.29) is 23.2 Å². The van der Waals surface area contributed by atoms with Crippen LogP contribution < -0.4 is 4.74 Å². The van der Waals surface area contributed by atoms with Crippen LogP contribution in [0.15, 0.2) is 66.2 Å². The van der Waals surface area contributed by atoms with Crippen molar-refractivity contribution < 1.29 is 42.4 Å². The summed E-state index contributed by atoms with van der Waals surface area (Å²) >= 11 is 0. The maximum absolute atomic E-state index is 13.6. The molecule has 1 aliphatic rings. The molecule has 0 unspecified atom stereocenters. The largest absolute Gasteiger partial charge is 0.497 e. The molecule has 0 amide bonds. The predicted molar refractivity (Wildman–Crippen MR) is 225 cm³/mol. The van der Waals surface area contributed by atoms with Crippen LogP contribution in [0.5, 0.6) is 5.75 Å². The Balaban J connectivity index is 2.01. The first-order valence-electron chi connectivity index (χ1n) is 20.6. The lowest BCUT2D eigenvalue weighted by Gasteiger charge is -2.54. The number of hydrogen-bond acceptors (Lipinski definition) is 9. The van der Waals surface area contributed by atoms with E-state index in [0.29, 0.717) is 44.7 Å². The molecule has 1 fully saturated rings. The van der Waals surface area contributed by atoms with E-state index < -0.39 is 37.5 Å². The molecular formula is C46H72O9Si. The number of rotatable bonds is 22. The molecule has 56 heavy (non-hydrogen) atoms. The highest BCUT2D eigenvalue weighted by atomic mass is 28.4. The molecule has 0 spiro atoms. The lowest BCUT2D eigenvalue weighted by Crippen LogP contribution is -2.62. The fourth-order valence-corrected chi connectivity index (χ4v) is 7.78. The van der Waals surface area contributed by atoms with Gasteiger partial charge in [0.15, 0.2) is 14.4 Å².